The lowest BCUT2D eigenvalue weighted by atomic mass is 9.88. The van der Waals surface area contributed by atoms with Crippen molar-refractivity contribution < 1.29 is 19.5 Å². The Morgan fingerprint density at radius 1 is 0.920 bits per heavy atom. The van der Waals surface area contributed by atoms with E-state index < -0.39 is 28.8 Å². The highest BCUT2D eigenvalue weighted by molar-refractivity contribution is 6.57. The van der Waals surface area contributed by atoms with Gasteiger partial charge in [0.25, 0.3) is 5.91 Å². The van der Waals surface area contributed by atoms with Gasteiger partial charge in [0.15, 0.2) is 0 Å². The third-order valence-electron chi connectivity index (χ3n) is 4.16. The molecule has 0 unspecified atom stereocenters. The molecule has 126 valence electrons. The van der Waals surface area contributed by atoms with Crippen molar-refractivity contribution >= 4 is 28.9 Å². The maximum Gasteiger partial charge on any atom is 0.263 e. The number of fused-ring (bicyclic) bond motifs is 1. The number of hydrogen-bond acceptors (Lipinski definition) is 4. The van der Waals surface area contributed by atoms with Crippen LogP contribution in [0.3, 0.4) is 0 Å². The summed E-state index contributed by atoms with van der Waals surface area (Å²) in [4.78, 5) is 36.9. The maximum absolute atomic E-state index is 12.5. The van der Waals surface area contributed by atoms with Crippen molar-refractivity contribution in [3.63, 3.8) is 0 Å². The third kappa shape index (κ3) is 2.96. The first-order valence-corrected chi connectivity index (χ1v) is 7.93. The number of carbonyl (C=O) groups excluding carboxylic acids is 3. The van der Waals surface area contributed by atoms with Gasteiger partial charge in [0.1, 0.15) is 11.3 Å². The van der Waals surface area contributed by atoms with Crippen LogP contribution in [0.25, 0.3) is 5.76 Å². The fraction of sp³-hybridized carbons (Fsp3) is 0.150. The van der Waals surface area contributed by atoms with E-state index in [0.717, 1.165) is 5.56 Å². The van der Waals surface area contributed by atoms with Crippen molar-refractivity contribution in [2.45, 2.75) is 19.8 Å². The summed E-state index contributed by atoms with van der Waals surface area (Å²) in [5.41, 5.74) is 1.35. The molecular formula is C20H17NO4. The number of rotatable bonds is 3. The van der Waals surface area contributed by atoms with Crippen molar-refractivity contribution in [3.05, 3.63) is 70.8 Å². The molecule has 3 rings (SSSR count). The first kappa shape index (κ1) is 16.6. The number of carbonyl (C=O) groups is 3. The second kappa shape index (κ2) is 6.36. The lowest BCUT2D eigenvalue weighted by Gasteiger charge is -2.17. The normalized spacial score (nSPS) is 13.9. The molecule has 25 heavy (non-hydrogen) atoms. The molecule has 1 aliphatic rings. The molecule has 5 heteroatoms. The summed E-state index contributed by atoms with van der Waals surface area (Å²) in [6, 6.07) is 13.3. The molecule has 0 aliphatic heterocycles. The number of amides is 1. The molecule has 1 aliphatic carbocycles. The highest BCUT2D eigenvalue weighted by Gasteiger charge is 2.36. The molecule has 0 radical (unpaired) electrons. The number of hydrogen-bond donors (Lipinski definition) is 2. The Labute approximate surface area is 145 Å². The Kier molecular flexibility index (Phi) is 4.23. The van der Waals surface area contributed by atoms with Crippen molar-refractivity contribution in [1.29, 1.82) is 0 Å². The SMILES string of the molecule is CC(C)c1ccc(NC(=O)C2=C(O)c3ccccc3C(=O)C2=O)cc1. The van der Waals surface area contributed by atoms with Crippen LogP contribution >= 0.6 is 0 Å². The van der Waals surface area contributed by atoms with E-state index >= 15 is 0 Å². The Balaban J connectivity index is 1.93. The molecule has 2 aromatic carbocycles. The third-order valence-corrected chi connectivity index (χ3v) is 4.16. The fourth-order valence-electron chi connectivity index (χ4n) is 2.72. The number of benzene rings is 2. The van der Waals surface area contributed by atoms with Gasteiger partial charge in [0.05, 0.1) is 0 Å². The molecular weight excluding hydrogens is 318 g/mol. The van der Waals surface area contributed by atoms with E-state index in [1.807, 2.05) is 12.1 Å². The van der Waals surface area contributed by atoms with Gasteiger partial charge in [0, 0.05) is 16.8 Å². The van der Waals surface area contributed by atoms with Crippen LogP contribution < -0.4 is 5.32 Å². The molecule has 0 saturated carbocycles. The topological polar surface area (TPSA) is 83.5 Å². The van der Waals surface area contributed by atoms with Crippen LogP contribution in [0.2, 0.25) is 0 Å². The summed E-state index contributed by atoms with van der Waals surface area (Å²) in [6.07, 6.45) is 0. The number of anilines is 1. The second-order valence-electron chi connectivity index (χ2n) is 6.16. The van der Waals surface area contributed by atoms with Crippen LogP contribution in [0.5, 0.6) is 0 Å². The van der Waals surface area contributed by atoms with Crippen LogP contribution in [0.1, 0.15) is 41.3 Å². The summed E-state index contributed by atoms with van der Waals surface area (Å²) in [6.45, 7) is 4.11. The van der Waals surface area contributed by atoms with E-state index in [2.05, 4.69) is 19.2 Å². The van der Waals surface area contributed by atoms with Gasteiger partial charge < -0.3 is 10.4 Å². The van der Waals surface area contributed by atoms with E-state index in [0.29, 0.717) is 11.6 Å². The molecule has 0 bridgehead atoms. The van der Waals surface area contributed by atoms with E-state index in [9.17, 15) is 19.5 Å². The first-order valence-electron chi connectivity index (χ1n) is 7.93. The zero-order valence-electron chi connectivity index (χ0n) is 13.9. The van der Waals surface area contributed by atoms with Crippen LogP contribution in [-0.2, 0) is 9.59 Å². The van der Waals surface area contributed by atoms with Crippen molar-refractivity contribution in [2.75, 3.05) is 5.32 Å². The zero-order valence-corrected chi connectivity index (χ0v) is 13.9. The molecule has 0 aromatic heterocycles. The molecule has 0 fully saturated rings. The summed E-state index contributed by atoms with van der Waals surface area (Å²) in [5.74, 6) is -2.73. The van der Waals surface area contributed by atoms with Gasteiger partial charge in [-0.25, -0.2) is 0 Å². The summed E-state index contributed by atoms with van der Waals surface area (Å²) in [7, 11) is 0. The monoisotopic (exact) mass is 335 g/mol. The van der Waals surface area contributed by atoms with Gasteiger partial charge in [0.2, 0.25) is 11.6 Å². The summed E-state index contributed by atoms with van der Waals surface area (Å²) < 4.78 is 0. The summed E-state index contributed by atoms with van der Waals surface area (Å²) in [5, 5.41) is 12.9. The van der Waals surface area contributed by atoms with Crippen LogP contribution in [0.15, 0.2) is 54.1 Å². The molecule has 2 N–H and O–H groups in total. The van der Waals surface area contributed by atoms with Crippen molar-refractivity contribution in [1.82, 2.24) is 0 Å². The summed E-state index contributed by atoms with van der Waals surface area (Å²) >= 11 is 0. The van der Waals surface area contributed by atoms with E-state index in [-0.39, 0.29) is 11.1 Å². The molecule has 1 amide bonds. The second-order valence-corrected chi connectivity index (χ2v) is 6.16. The van der Waals surface area contributed by atoms with E-state index in [1.54, 1.807) is 24.3 Å². The molecule has 0 saturated heterocycles. The smallest absolute Gasteiger partial charge is 0.263 e. The maximum atomic E-state index is 12.5. The molecule has 5 nitrogen and oxygen atoms in total. The molecule has 0 heterocycles. The highest BCUT2D eigenvalue weighted by atomic mass is 16.3. The highest BCUT2D eigenvalue weighted by Crippen LogP contribution is 2.28. The van der Waals surface area contributed by atoms with Gasteiger partial charge in [-0.3, -0.25) is 14.4 Å². The number of ketones is 2. The number of Topliss-reactive ketones (excluding diaryl/α,β-unsaturated/α-hetero) is 2. The average molecular weight is 335 g/mol. The lowest BCUT2D eigenvalue weighted by molar-refractivity contribution is -0.118. The predicted octanol–water partition coefficient (Wildman–Crippen LogP) is 3.48. The van der Waals surface area contributed by atoms with E-state index in [1.165, 1.54) is 12.1 Å². The lowest BCUT2D eigenvalue weighted by Crippen LogP contribution is -2.31. The Hall–Kier alpha value is -3.21. The molecule has 2 aromatic rings. The fourth-order valence-corrected chi connectivity index (χ4v) is 2.72. The Morgan fingerprint density at radius 3 is 2.12 bits per heavy atom. The van der Waals surface area contributed by atoms with E-state index in [4.69, 9.17) is 0 Å². The first-order chi connectivity index (χ1) is 11.9. The Morgan fingerprint density at radius 2 is 1.52 bits per heavy atom. The van der Waals surface area contributed by atoms with Gasteiger partial charge in [-0.05, 0) is 23.6 Å². The Bertz CT molecular complexity index is 908. The van der Waals surface area contributed by atoms with Gasteiger partial charge >= 0.3 is 0 Å². The van der Waals surface area contributed by atoms with Crippen LogP contribution in [0, 0.1) is 0 Å². The average Bonchev–Trinajstić information content (AvgIpc) is 2.60. The standard InChI is InChI=1S/C20H17NO4/c1-11(2)12-7-9-13(10-8-12)21-20(25)16-17(22)14-5-3-4-6-15(14)18(23)19(16)24/h3-11,22H,1-2H3,(H,21,25). The number of aliphatic hydroxyl groups excluding tert-OH is 1. The van der Waals surface area contributed by atoms with Gasteiger partial charge in [-0.15, -0.1) is 0 Å². The zero-order chi connectivity index (χ0) is 18.1. The van der Waals surface area contributed by atoms with Gasteiger partial charge in [-0.1, -0.05) is 50.2 Å². The van der Waals surface area contributed by atoms with Crippen molar-refractivity contribution in [3.8, 4) is 0 Å². The molecule has 0 spiro atoms. The minimum absolute atomic E-state index is 0.0998. The minimum atomic E-state index is -1.01. The predicted molar refractivity (Wildman–Crippen MR) is 94.5 cm³/mol. The number of nitrogens with one attached hydrogen (secondary N) is 1. The van der Waals surface area contributed by atoms with Crippen LogP contribution in [-0.4, -0.2) is 22.6 Å². The van der Waals surface area contributed by atoms with Crippen LogP contribution in [0.4, 0.5) is 5.69 Å². The largest absolute Gasteiger partial charge is 0.506 e. The quantitative estimate of drug-likeness (QED) is 0.664. The molecule has 0 atom stereocenters. The number of aliphatic hydroxyl groups is 1. The minimum Gasteiger partial charge on any atom is -0.506 e. The van der Waals surface area contributed by atoms with Crippen molar-refractivity contribution in [2.24, 2.45) is 0 Å². The van der Waals surface area contributed by atoms with Gasteiger partial charge in [-0.2, -0.15) is 0 Å².